The van der Waals surface area contributed by atoms with E-state index in [0.29, 0.717) is 12.7 Å². The number of likely N-dealkylation sites (N-methyl/N-ethyl adjacent to an activating group) is 1. The minimum atomic E-state index is -4.66. The van der Waals surface area contributed by atoms with Crippen LogP contribution in [-0.2, 0) is 20.9 Å². The molecule has 1 aromatic heterocycles. The number of alkyl halides is 3. The minimum absolute atomic E-state index is 0.0421. The number of rotatable bonds is 5. The van der Waals surface area contributed by atoms with E-state index in [0.717, 1.165) is 6.20 Å². The summed E-state index contributed by atoms with van der Waals surface area (Å²) in [6, 6.07) is 0.483. The lowest BCUT2D eigenvalue weighted by molar-refractivity contribution is -0.140. The molecule has 0 unspecified atom stereocenters. The van der Waals surface area contributed by atoms with E-state index in [-0.39, 0.29) is 25.8 Å². The first-order chi connectivity index (χ1) is 11.0. The molecule has 1 fully saturated rings. The van der Waals surface area contributed by atoms with Crippen LogP contribution < -0.4 is 4.72 Å². The van der Waals surface area contributed by atoms with Gasteiger partial charge in [-0.1, -0.05) is 0 Å². The molecule has 24 heavy (non-hydrogen) atoms. The highest BCUT2D eigenvalue weighted by molar-refractivity contribution is 7.89. The smallest absolute Gasteiger partial charge is 0.394 e. The number of aromatic amines is 1. The molecule has 0 aliphatic carbocycles. The van der Waals surface area contributed by atoms with E-state index in [2.05, 4.69) is 4.72 Å². The number of aromatic nitrogens is 1. The Labute approximate surface area is 137 Å². The average Bonchev–Trinajstić information content (AvgIpc) is 3.00. The van der Waals surface area contributed by atoms with Crippen molar-refractivity contribution < 1.29 is 31.4 Å². The van der Waals surface area contributed by atoms with Gasteiger partial charge in [0.2, 0.25) is 10.0 Å². The number of hydrogen-bond acceptors (Lipinski definition) is 5. The van der Waals surface area contributed by atoms with E-state index >= 15 is 0 Å². The molecule has 2 atom stereocenters. The molecule has 0 aromatic carbocycles. The fraction of sp³-hybridized carbons (Fsp3) is 0.692. The molecule has 1 saturated heterocycles. The monoisotopic (exact) mass is 371 g/mol. The van der Waals surface area contributed by atoms with Crippen LogP contribution in [0, 0.1) is 0 Å². The van der Waals surface area contributed by atoms with Gasteiger partial charge in [0, 0.05) is 18.8 Å². The number of morpholine rings is 1. The zero-order chi connectivity index (χ0) is 18.2. The lowest BCUT2D eigenvalue weighted by Crippen LogP contribution is -2.65. The molecule has 11 heteroatoms. The maximum absolute atomic E-state index is 12.6. The van der Waals surface area contributed by atoms with E-state index in [4.69, 9.17) is 4.74 Å². The Morgan fingerprint density at radius 3 is 2.75 bits per heavy atom. The SMILES string of the molecule is C[C@@H]1COC[C@@](CO)(CNS(=O)(=O)c2c[nH]c(C(F)(F)F)c2)N1C. The molecule has 1 aliphatic rings. The maximum Gasteiger partial charge on any atom is 0.431 e. The lowest BCUT2D eigenvalue weighted by atomic mass is 9.96. The van der Waals surface area contributed by atoms with Gasteiger partial charge in [-0.3, -0.25) is 4.90 Å². The van der Waals surface area contributed by atoms with Gasteiger partial charge in [0.15, 0.2) is 0 Å². The fourth-order valence-electron chi connectivity index (χ4n) is 2.50. The molecule has 0 saturated carbocycles. The summed E-state index contributed by atoms with van der Waals surface area (Å²) in [5, 5.41) is 9.70. The van der Waals surface area contributed by atoms with Crippen LogP contribution in [0.3, 0.4) is 0 Å². The van der Waals surface area contributed by atoms with Crippen LogP contribution >= 0.6 is 0 Å². The van der Waals surface area contributed by atoms with Crippen LogP contribution in [0.2, 0.25) is 0 Å². The highest BCUT2D eigenvalue weighted by atomic mass is 32.2. The largest absolute Gasteiger partial charge is 0.431 e. The minimum Gasteiger partial charge on any atom is -0.394 e. The van der Waals surface area contributed by atoms with Crippen LogP contribution in [0.15, 0.2) is 17.2 Å². The second-order valence-electron chi connectivity index (χ2n) is 5.93. The molecule has 2 heterocycles. The molecular weight excluding hydrogens is 351 g/mol. The van der Waals surface area contributed by atoms with Crippen molar-refractivity contribution >= 4 is 10.0 Å². The third-order valence-corrected chi connectivity index (χ3v) is 5.68. The van der Waals surface area contributed by atoms with Crippen LogP contribution in [0.4, 0.5) is 13.2 Å². The molecule has 1 aliphatic heterocycles. The molecule has 0 spiro atoms. The molecule has 138 valence electrons. The number of aliphatic hydroxyl groups is 1. The first-order valence-corrected chi connectivity index (χ1v) is 8.67. The first kappa shape index (κ1) is 19.2. The molecule has 7 nitrogen and oxygen atoms in total. The topological polar surface area (TPSA) is 94.7 Å². The Bertz CT molecular complexity index is 676. The Morgan fingerprint density at radius 1 is 1.54 bits per heavy atom. The van der Waals surface area contributed by atoms with Gasteiger partial charge in [-0.25, -0.2) is 13.1 Å². The fourth-order valence-corrected chi connectivity index (χ4v) is 3.61. The normalized spacial score (nSPS) is 26.7. The summed E-state index contributed by atoms with van der Waals surface area (Å²) in [5.41, 5.74) is -2.13. The summed E-state index contributed by atoms with van der Waals surface area (Å²) in [6.07, 6.45) is -3.88. The van der Waals surface area contributed by atoms with E-state index in [1.54, 1.807) is 11.9 Å². The number of nitrogens with one attached hydrogen (secondary N) is 2. The summed E-state index contributed by atoms with van der Waals surface area (Å²) >= 11 is 0. The molecular formula is C13H20F3N3O4S. The molecule has 0 radical (unpaired) electrons. The Morgan fingerprint density at radius 2 is 2.21 bits per heavy atom. The van der Waals surface area contributed by atoms with Gasteiger partial charge >= 0.3 is 6.18 Å². The van der Waals surface area contributed by atoms with Crippen molar-refractivity contribution in [2.45, 2.75) is 29.6 Å². The van der Waals surface area contributed by atoms with Crippen LogP contribution in [0.1, 0.15) is 12.6 Å². The van der Waals surface area contributed by atoms with Crippen LogP contribution in [-0.4, -0.2) is 68.4 Å². The van der Waals surface area contributed by atoms with Crippen LogP contribution in [0.5, 0.6) is 0 Å². The molecule has 3 N–H and O–H groups in total. The quantitative estimate of drug-likeness (QED) is 0.696. The average molecular weight is 371 g/mol. The highest BCUT2D eigenvalue weighted by Gasteiger charge is 2.41. The van der Waals surface area contributed by atoms with Gasteiger partial charge in [-0.05, 0) is 20.0 Å². The summed E-state index contributed by atoms with van der Waals surface area (Å²) in [5.74, 6) is 0. The van der Waals surface area contributed by atoms with Gasteiger partial charge in [0.25, 0.3) is 0 Å². The van der Waals surface area contributed by atoms with Crippen molar-refractivity contribution in [3.05, 3.63) is 18.0 Å². The van der Waals surface area contributed by atoms with Gasteiger partial charge in [0.05, 0.1) is 25.4 Å². The molecule has 0 bridgehead atoms. The third-order valence-electron chi connectivity index (χ3n) is 4.30. The van der Waals surface area contributed by atoms with E-state index < -0.39 is 32.3 Å². The first-order valence-electron chi connectivity index (χ1n) is 7.19. The summed E-state index contributed by atoms with van der Waals surface area (Å²) < 4.78 is 69.8. The highest BCUT2D eigenvalue weighted by Crippen LogP contribution is 2.29. The molecule has 0 amide bonds. The number of hydrogen-bond donors (Lipinski definition) is 3. The lowest BCUT2D eigenvalue weighted by Gasteiger charge is -2.47. The molecule has 1 aromatic rings. The molecule has 2 rings (SSSR count). The standard InChI is InChI=1S/C13H20F3N3O4S/c1-9-5-23-8-12(7-20,19(9)2)6-18-24(21,22)10-3-11(17-4-10)13(14,15)16/h3-4,9,17-18,20H,5-8H2,1-2H3/t9-,12+/m1/s1. The van der Waals surface area contributed by atoms with Gasteiger partial charge in [0.1, 0.15) is 10.6 Å². The number of nitrogens with zero attached hydrogens (tertiary/aromatic N) is 1. The van der Waals surface area contributed by atoms with Crippen molar-refractivity contribution in [2.24, 2.45) is 0 Å². The summed E-state index contributed by atoms with van der Waals surface area (Å²) in [7, 11) is -2.43. The van der Waals surface area contributed by atoms with Crippen molar-refractivity contribution in [3.63, 3.8) is 0 Å². The number of halogens is 3. The predicted molar refractivity (Wildman–Crippen MR) is 78.8 cm³/mol. The van der Waals surface area contributed by atoms with E-state index in [9.17, 15) is 26.7 Å². The Hall–Kier alpha value is -1.14. The van der Waals surface area contributed by atoms with Crippen molar-refractivity contribution in [1.29, 1.82) is 0 Å². The van der Waals surface area contributed by atoms with Gasteiger partial charge in [-0.2, -0.15) is 13.2 Å². The zero-order valence-electron chi connectivity index (χ0n) is 13.2. The summed E-state index contributed by atoms with van der Waals surface area (Å²) in [6.45, 7) is 1.85. The van der Waals surface area contributed by atoms with Gasteiger partial charge in [-0.15, -0.1) is 0 Å². The number of H-pyrrole nitrogens is 1. The number of ether oxygens (including phenoxy) is 1. The Balaban J connectivity index is 2.16. The predicted octanol–water partition coefficient (Wildman–Crippen LogP) is 0.393. The van der Waals surface area contributed by atoms with Crippen molar-refractivity contribution in [1.82, 2.24) is 14.6 Å². The summed E-state index contributed by atoms with van der Waals surface area (Å²) in [4.78, 5) is 3.19. The van der Waals surface area contributed by atoms with Gasteiger partial charge < -0.3 is 14.8 Å². The Kier molecular flexibility index (Phi) is 5.31. The zero-order valence-corrected chi connectivity index (χ0v) is 14.0. The second kappa shape index (κ2) is 6.64. The third kappa shape index (κ3) is 3.75. The van der Waals surface area contributed by atoms with Crippen molar-refractivity contribution in [3.8, 4) is 0 Å². The number of sulfonamides is 1. The maximum atomic E-state index is 12.6. The van der Waals surface area contributed by atoms with E-state index in [1.807, 2.05) is 11.9 Å². The van der Waals surface area contributed by atoms with Crippen LogP contribution in [0.25, 0.3) is 0 Å². The van der Waals surface area contributed by atoms with Crippen molar-refractivity contribution in [2.75, 3.05) is 33.4 Å². The van der Waals surface area contributed by atoms with E-state index in [1.165, 1.54) is 0 Å². The second-order valence-corrected chi connectivity index (χ2v) is 7.70. The number of aliphatic hydroxyl groups excluding tert-OH is 1.